The van der Waals surface area contributed by atoms with Gasteiger partial charge in [-0.2, -0.15) is 0 Å². The van der Waals surface area contributed by atoms with E-state index in [4.69, 9.17) is 21.7 Å². The summed E-state index contributed by atoms with van der Waals surface area (Å²) < 4.78 is 10.8. The number of benzene rings is 2. The number of aryl methyl sites for hydroxylation is 1. The first kappa shape index (κ1) is 19.7. The molecule has 0 fully saturated rings. The van der Waals surface area contributed by atoms with Crippen molar-refractivity contribution in [1.29, 1.82) is 0 Å². The SMILES string of the molecule is CCOC(=O)c1cccc(NC(=S)N[C@H](C)COc2ccccc2C)c1. The van der Waals surface area contributed by atoms with Crippen molar-refractivity contribution in [2.75, 3.05) is 18.5 Å². The summed E-state index contributed by atoms with van der Waals surface area (Å²) >= 11 is 5.34. The Labute approximate surface area is 159 Å². The van der Waals surface area contributed by atoms with E-state index < -0.39 is 0 Å². The van der Waals surface area contributed by atoms with Crippen LogP contribution in [0.25, 0.3) is 0 Å². The van der Waals surface area contributed by atoms with E-state index in [1.165, 1.54) is 0 Å². The third-order valence-corrected chi connectivity index (χ3v) is 3.81. The second kappa shape index (κ2) is 9.77. The van der Waals surface area contributed by atoms with Crippen LogP contribution in [0.2, 0.25) is 0 Å². The Morgan fingerprint density at radius 3 is 2.69 bits per heavy atom. The Hall–Kier alpha value is -2.60. The number of ether oxygens (including phenoxy) is 2. The monoisotopic (exact) mass is 372 g/mol. The van der Waals surface area contributed by atoms with E-state index in [1.54, 1.807) is 25.1 Å². The van der Waals surface area contributed by atoms with Gasteiger partial charge in [-0.05, 0) is 62.8 Å². The van der Waals surface area contributed by atoms with Crippen molar-refractivity contribution in [3.05, 3.63) is 59.7 Å². The molecular formula is C20H24N2O3S. The van der Waals surface area contributed by atoms with Gasteiger partial charge in [-0.3, -0.25) is 0 Å². The van der Waals surface area contributed by atoms with Crippen LogP contribution in [0.1, 0.15) is 29.8 Å². The van der Waals surface area contributed by atoms with Crippen LogP contribution in [-0.2, 0) is 4.74 Å². The van der Waals surface area contributed by atoms with E-state index in [-0.39, 0.29) is 12.0 Å². The molecule has 2 aromatic carbocycles. The van der Waals surface area contributed by atoms with Gasteiger partial charge in [0.25, 0.3) is 0 Å². The number of anilines is 1. The van der Waals surface area contributed by atoms with Crippen molar-refractivity contribution in [3.63, 3.8) is 0 Å². The zero-order valence-electron chi connectivity index (χ0n) is 15.2. The summed E-state index contributed by atoms with van der Waals surface area (Å²) in [7, 11) is 0. The molecule has 0 spiro atoms. The second-order valence-electron chi connectivity index (χ2n) is 5.88. The molecule has 2 N–H and O–H groups in total. The van der Waals surface area contributed by atoms with Gasteiger partial charge in [-0.15, -0.1) is 0 Å². The Morgan fingerprint density at radius 1 is 1.19 bits per heavy atom. The molecule has 0 heterocycles. The molecule has 0 saturated carbocycles. The molecule has 26 heavy (non-hydrogen) atoms. The Balaban J connectivity index is 1.85. The number of carbonyl (C=O) groups excluding carboxylic acids is 1. The summed E-state index contributed by atoms with van der Waals surface area (Å²) in [5, 5.41) is 6.71. The van der Waals surface area contributed by atoms with E-state index in [1.807, 2.05) is 44.2 Å². The minimum atomic E-state index is -0.352. The Morgan fingerprint density at radius 2 is 1.96 bits per heavy atom. The molecule has 138 valence electrons. The number of carbonyl (C=O) groups is 1. The van der Waals surface area contributed by atoms with E-state index in [0.717, 1.165) is 17.0 Å². The first-order valence-electron chi connectivity index (χ1n) is 8.52. The molecule has 0 unspecified atom stereocenters. The summed E-state index contributed by atoms with van der Waals surface area (Å²) in [4.78, 5) is 11.8. The van der Waals surface area contributed by atoms with Crippen molar-refractivity contribution in [1.82, 2.24) is 5.32 Å². The third kappa shape index (κ3) is 6.04. The van der Waals surface area contributed by atoms with Crippen LogP contribution in [0.3, 0.4) is 0 Å². The maximum Gasteiger partial charge on any atom is 0.338 e. The lowest BCUT2D eigenvalue weighted by atomic mass is 10.2. The molecule has 1 atom stereocenters. The fraction of sp³-hybridized carbons (Fsp3) is 0.300. The van der Waals surface area contributed by atoms with Gasteiger partial charge in [0, 0.05) is 5.69 Å². The minimum Gasteiger partial charge on any atom is -0.491 e. The fourth-order valence-electron chi connectivity index (χ4n) is 2.30. The van der Waals surface area contributed by atoms with E-state index in [9.17, 15) is 4.79 Å². The summed E-state index contributed by atoms with van der Waals surface area (Å²) in [5.41, 5.74) is 2.30. The van der Waals surface area contributed by atoms with Gasteiger partial charge in [-0.25, -0.2) is 4.79 Å². The van der Waals surface area contributed by atoms with Crippen molar-refractivity contribution in [2.24, 2.45) is 0 Å². The smallest absolute Gasteiger partial charge is 0.338 e. The molecule has 0 saturated heterocycles. The average Bonchev–Trinajstić information content (AvgIpc) is 2.61. The summed E-state index contributed by atoms with van der Waals surface area (Å²) in [5.74, 6) is 0.511. The van der Waals surface area contributed by atoms with Crippen LogP contribution in [0.5, 0.6) is 5.75 Å². The van der Waals surface area contributed by atoms with Gasteiger partial charge >= 0.3 is 5.97 Å². The molecule has 0 bridgehead atoms. The molecule has 0 radical (unpaired) electrons. The largest absolute Gasteiger partial charge is 0.491 e. The van der Waals surface area contributed by atoms with Gasteiger partial charge in [0.2, 0.25) is 0 Å². The highest BCUT2D eigenvalue weighted by Crippen LogP contribution is 2.16. The normalized spacial score (nSPS) is 11.3. The van der Waals surface area contributed by atoms with Crippen molar-refractivity contribution >= 4 is 29.0 Å². The molecule has 0 aromatic heterocycles. The minimum absolute atomic E-state index is 0.0165. The number of esters is 1. The lowest BCUT2D eigenvalue weighted by molar-refractivity contribution is 0.0526. The van der Waals surface area contributed by atoms with Gasteiger partial charge in [0.05, 0.1) is 18.2 Å². The number of thiocarbonyl (C=S) groups is 1. The molecule has 0 aliphatic heterocycles. The predicted molar refractivity (Wildman–Crippen MR) is 108 cm³/mol. The molecule has 5 nitrogen and oxygen atoms in total. The quantitative estimate of drug-likeness (QED) is 0.567. The van der Waals surface area contributed by atoms with Gasteiger partial charge < -0.3 is 20.1 Å². The highest BCUT2D eigenvalue weighted by Gasteiger charge is 2.09. The maximum atomic E-state index is 11.8. The molecule has 2 aromatic rings. The third-order valence-electron chi connectivity index (χ3n) is 3.59. The second-order valence-corrected chi connectivity index (χ2v) is 6.29. The van der Waals surface area contributed by atoms with Gasteiger partial charge in [0.1, 0.15) is 12.4 Å². The molecule has 0 aliphatic carbocycles. The number of rotatable bonds is 7. The van der Waals surface area contributed by atoms with Crippen LogP contribution in [0.15, 0.2) is 48.5 Å². The molecule has 0 aliphatic rings. The van der Waals surface area contributed by atoms with Crippen molar-refractivity contribution < 1.29 is 14.3 Å². The molecule has 2 rings (SSSR count). The Bertz CT molecular complexity index is 764. The highest BCUT2D eigenvalue weighted by molar-refractivity contribution is 7.80. The van der Waals surface area contributed by atoms with Crippen molar-refractivity contribution in [3.8, 4) is 5.75 Å². The van der Waals surface area contributed by atoms with Gasteiger partial charge in [0.15, 0.2) is 5.11 Å². The van der Waals surface area contributed by atoms with Crippen LogP contribution in [-0.4, -0.2) is 30.3 Å². The van der Waals surface area contributed by atoms with Crippen LogP contribution >= 0.6 is 12.2 Å². The van der Waals surface area contributed by atoms with E-state index in [0.29, 0.717) is 23.9 Å². The number of hydrogen-bond acceptors (Lipinski definition) is 4. The molecule has 0 amide bonds. The predicted octanol–water partition coefficient (Wildman–Crippen LogP) is 3.93. The Kier molecular flexibility index (Phi) is 7.41. The maximum absolute atomic E-state index is 11.8. The van der Waals surface area contributed by atoms with E-state index in [2.05, 4.69) is 10.6 Å². The van der Waals surface area contributed by atoms with Crippen LogP contribution in [0.4, 0.5) is 5.69 Å². The first-order valence-corrected chi connectivity index (χ1v) is 8.93. The zero-order chi connectivity index (χ0) is 18.9. The van der Waals surface area contributed by atoms with E-state index >= 15 is 0 Å². The van der Waals surface area contributed by atoms with Gasteiger partial charge in [-0.1, -0.05) is 24.3 Å². The van der Waals surface area contributed by atoms with Crippen LogP contribution in [0, 0.1) is 6.92 Å². The molecular weight excluding hydrogens is 348 g/mol. The summed E-state index contributed by atoms with van der Waals surface area (Å²) in [6, 6.07) is 14.9. The van der Waals surface area contributed by atoms with Crippen LogP contribution < -0.4 is 15.4 Å². The lowest BCUT2D eigenvalue weighted by Crippen LogP contribution is -2.39. The van der Waals surface area contributed by atoms with Crippen molar-refractivity contribution in [2.45, 2.75) is 26.8 Å². The lowest BCUT2D eigenvalue weighted by Gasteiger charge is -2.18. The number of hydrogen-bond donors (Lipinski definition) is 2. The summed E-state index contributed by atoms with van der Waals surface area (Å²) in [6.45, 7) is 6.60. The number of para-hydroxylation sites is 1. The highest BCUT2D eigenvalue weighted by atomic mass is 32.1. The topological polar surface area (TPSA) is 59.6 Å². The average molecular weight is 372 g/mol. The zero-order valence-corrected chi connectivity index (χ0v) is 16.1. The summed E-state index contributed by atoms with van der Waals surface area (Å²) in [6.07, 6.45) is 0. The fourth-order valence-corrected chi connectivity index (χ4v) is 2.62. The first-order chi connectivity index (χ1) is 12.5. The molecule has 6 heteroatoms. The number of nitrogens with one attached hydrogen (secondary N) is 2. The standard InChI is InChI=1S/C20H24N2O3S/c1-4-24-19(23)16-9-7-10-17(12-16)22-20(26)21-15(3)13-25-18-11-6-5-8-14(18)2/h5-12,15H,4,13H2,1-3H3,(H2,21,22,26)/t15-/m1/s1.